The van der Waals surface area contributed by atoms with Crippen molar-refractivity contribution >= 4 is 35.4 Å². The lowest BCUT2D eigenvalue weighted by Gasteiger charge is -2.03. The van der Waals surface area contributed by atoms with Gasteiger partial charge >= 0.3 is 11.9 Å². The van der Waals surface area contributed by atoms with E-state index in [1.165, 1.54) is 24.4 Å². The van der Waals surface area contributed by atoms with Crippen LogP contribution in [0.1, 0.15) is 32.0 Å². The number of carboxylic acid groups (broad SMARTS) is 2. The molecule has 0 unspecified atom stereocenters. The van der Waals surface area contributed by atoms with Gasteiger partial charge in [0.2, 0.25) is 0 Å². The largest absolute Gasteiger partial charge is 0.478 e. The number of benzene rings is 2. The Kier molecular flexibility index (Phi) is 5.09. The summed E-state index contributed by atoms with van der Waals surface area (Å²) in [6.07, 6.45) is 1.47. The van der Waals surface area contributed by atoms with E-state index in [-0.39, 0.29) is 16.1 Å². The lowest BCUT2D eigenvalue weighted by Crippen LogP contribution is -1.96. The predicted molar refractivity (Wildman–Crippen MR) is 102 cm³/mol. The van der Waals surface area contributed by atoms with Gasteiger partial charge in [0, 0.05) is 5.56 Å². The maximum absolute atomic E-state index is 11.1. The van der Waals surface area contributed by atoms with Gasteiger partial charge in [-0.25, -0.2) is 9.59 Å². The molecule has 0 aliphatic carbocycles. The molecule has 0 spiro atoms. The third kappa shape index (κ3) is 4.07. The van der Waals surface area contributed by atoms with Crippen LogP contribution in [-0.2, 0) is 0 Å². The van der Waals surface area contributed by atoms with Gasteiger partial charge in [-0.2, -0.15) is 0 Å². The molecule has 0 aliphatic rings. The minimum absolute atomic E-state index is 0.0272. The molecule has 0 atom stereocenters. The summed E-state index contributed by atoms with van der Waals surface area (Å²) in [6.45, 7) is 1.80. The van der Waals surface area contributed by atoms with E-state index in [4.69, 9.17) is 26.2 Å². The number of halogens is 1. The van der Waals surface area contributed by atoms with Crippen LogP contribution in [0.4, 0.5) is 5.69 Å². The highest BCUT2D eigenvalue weighted by Gasteiger charge is 2.11. The molecule has 0 bridgehead atoms. The van der Waals surface area contributed by atoms with E-state index in [0.29, 0.717) is 17.2 Å². The van der Waals surface area contributed by atoms with Crippen molar-refractivity contribution in [3.8, 4) is 11.3 Å². The lowest BCUT2D eigenvalue weighted by atomic mass is 10.0. The second-order valence-electron chi connectivity index (χ2n) is 5.76. The Hall–Kier alpha value is -3.38. The molecule has 3 rings (SSSR count). The van der Waals surface area contributed by atoms with Crippen molar-refractivity contribution in [1.82, 2.24) is 0 Å². The molecule has 0 radical (unpaired) electrons. The molecule has 0 fully saturated rings. The molecule has 2 N–H and O–H groups in total. The van der Waals surface area contributed by atoms with Crippen molar-refractivity contribution in [3.63, 3.8) is 0 Å². The monoisotopic (exact) mass is 383 g/mol. The van der Waals surface area contributed by atoms with Crippen molar-refractivity contribution in [2.45, 2.75) is 6.92 Å². The first-order valence-electron chi connectivity index (χ1n) is 7.86. The van der Waals surface area contributed by atoms with E-state index in [1.807, 2.05) is 0 Å². The van der Waals surface area contributed by atoms with Crippen molar-refractivity contribution < 1.29 is 24.2 Å². The number of aromatic carboxylic acids is 2. The Labute approximate surface area is 159 Å². The number of carboxylic acids is 2. The lowest BCUT2D eigenvalue weighted by molar-refractivity contribution is 0.0686. The molecule has 0 amide bonds. The Morgan fingerprint density at radius 1 is 1.04 bits per heavy atom. The smallest absolute Gasteiger partial charge is 0.337 e. The molecule has 1 heterocycles. The molecule has 3 aromatic rings. The number of aryl methyl sites for hydroxylation is 1. The van der Waals surface area contributed by atoms with E-state index < -0.39 is 11.9 Å². The number of aliphatic imine (C=N–C) groups is 1. The maximum atomic E-state index is 11.1. The minimum atomic E-state index is -1.13. The van der Waals surface area contributed by atoms with Gasteiger partial charge in [0.25, 0.3) is 0 Å². The highest BCUT2D eigenvalue weighted by Crippen LogP contribution is 2.27. The molecule has 136 valence electrons. The molecule has 1 aromatic heterocycles. The highest BCUT2D eigenvalue weighted by atomic mass is 35.5. The van der Waals surface area contributed by atoms with Crippen LogP contribution in [-0.4, -0.2) is 28.4 Å². The van der Waals surface area contributed by atoms with E-state index in [1.54, 1.807) is 37.3 Å². The highest BCUT2D eigenvalue weighted by molar-refractivity contribution is 6.33. The van der Waals surface area contributed by atoms with E-state index in [0.717, 1.165) is 11.1 Å². The van der Waals surface area contributed by atoms with Crippen LogP contribution in [0.2, 0.25) is 5.02 Å². The molecule has 7 heteroatoms. The molecular formula is C20H14ClNO5. The summed E-state index contributed by atoms with van der Waals surface area (Å²) in [5.41, 5.74) is 2.16. The Morgan fingerprint density at radius 2 is 1.81 bits per heavy atom. The summed E-state index contributed by atoms with van der Waals surface area (Å²) in [5, 5.41) is 18.3. The van der Waals surface area contributed by atoms with Crippen LogP contribution in [0.25, 0.3) is 11.3 Å². The van der Waals surface area contributed by atoms with Crippen molar-refractivity contribution in [1.29, 1.82) is 0 Å². The fourth-order valence-corrected chi connectivity index (χ4v) is 2.73. The summed E-state index contributed by atoms with van der Waals surface area (Å²) in [6, 6.07) is 12.7. The van der Waals surface area contributed by atoms with Crippen LogP contribution in [0.3, 0.4) is 0 Å². The van der Waals surface area contributed by atoms with Crippen LogP contribution in [0.15, 0.2) is 57.9 Å². The SMILES string of the molecule is Cc1cc(C(=O)O)ccc1-c1ccc(C=Nc2ccc(Cl)c(C(=O)O)c2)o1. The first kappa shape index (κ1) is 18.4. The number of hydrogen-bond acceptors (Lipinski definition) is 4. The molecule has 27 heavy (non-hydrogen) atoms. The first-order chi connectivity index (χ1) is 12.8. The van der Waals surface area contributed by atoms with Crippen LogP contribution < -0.4 is 0 Å². The molecule has 0 aliphatic heterocycles. The summed E-state index contributed by atoms with van der Waals surface area (Å²) in [5.74, 6) is -1.06. The average Bonchev–Trinajstić information content (AvgIpc) is 3.09. The van der Waals surface area contributed by atoms with Gasteiger partial charge in [0.1, 0.15) is 11.5 Å². The van der Waals surface area contributed by atoms with Gasteiger partial charge in [-0.05, 0) is 55.0 Å². The van der Waals surface area contributed by atoms with Crippen LogP contribution in [0, 0.1) is 6.92 Å². The third-order valence-corrected chi connectivity index (χ3v) is 4.22. The van der Waals surface area contributed by atoms with Gasteiger partial charge in [-0.1, -0.05) is 17.7 Å². The predicted octanol–water partition coefficient (Wildman–Crippen LogP) is 5.06. The molecule has 0 saturated heterocycles. The van der Waals surface area contributed by atoms with Gasteiger partial charge in [-0.15, -0.1) is 0 Å². The fourth-order valence-electron chi connectivity index (χ4n) is 2.54. The van der Waals surface area contributed by atoms with Crippen LogP contribution >= 0.6 is 11.6 Å². The van der Waals surface area contributed by atoms with Gasteiger partial charge in [0.15, 0.2) is 0 Å². The zero-order valence-electron chi connectivity index (χ0n) is 14.1. The third-order valence-electron chi connectivity index (χ3n) is 3.89. The summed E-state index contributed by atoms with van der Waals surface area (Å²) in [4.78, 5) is 26.3. The Bertz CT molecular complexity index is 1070. The Balaban J connectivity index is 1.84. The summed E-state index contributed by atoms with van der Waals surface area (Å²) in [7, 11) is 0. The number of furan rings is 1. The fraction of sp³-hybridized carbons (Fsp3) is 0.0500. The zero-order valence-corrected chi connectivity index (χ0v) is 14.9. The van der Waals surface area contributed by atoms with Gasteiger partial charge in [-0.3, -0.25) is 4.99 Å². The summed E-state index contributed by atoms with van der Waals surface area (Å²) >= 11 is 5.84. The number of hydrogen-bond donors (Lipinski definition) is 2. The number of rotatable bonds is 5. The van der Waals surface area contributed by atoms with Gasteiger partial charge < -0.3 is 14.6 Å². The van der Waals surface area contributed by atoms with Crippen LogP contribution in [0.5, 0.6) is 0 Å². The second kappa shape index (κ2) is 7.47. The number of nitrogens with zero attached hydrogens (tertiary/aromatic N) is 1. The van der Waals surface area contributed by atoms with E-state index >= 15 is 0 Å². The van der Waals surface area contributed by atoms with Crippen molar-refractivity contribution in [2.75, 3.05) is 0 Å². The quantitative estimate of drug-likeness (QED) is 0.600. The average molecular weight is 384 g/mol. The minimum Gasteiger partial charge on any atom is -0.478 e. The molecule has 2 aromatic carbocycles. The zero-order chi connectivity index (χ0) is 19.6. The maximum Gasteiger partial charge on any atom is 0.337 e. The molecule has 0 saturated carbocycles. The van der Waals surface area contributed by atoms with E-state index in [9.17, 15) is 9.59 Å². The second-order valence-corrected chi connectivity index (χ2v) is 6.17. The molecular weight excluding hydrogens is 370 g/mol. The van der Waals surface area contributed by atoms with E-state index in [2.05, 4.69) is 4.99 Å². The summed E-state index contributed by atoms with van der Waals surface area (Å²) < 4.78 is 5.73. The topological polar surface area (TPSA) is 100 Å². The van der Waals surface area contributed by atoms with Crippen molar-refractivity contribution in [3.05, 3.63) is 76.0 Å². The van der Waals surface area contributed by atoms with Gasteiger partial charge in [0.05, 0.1) is 28.1 Å². The normalized spacial score (nSPS) is 11.0. The first-order valence-corrected chi connectivity index (χ1v) is 8.24. The number of carbonyl (C=O) groups is 2. The van der Waals surface area contributed by atoms with Crippen molar-refractivity contribution in [2.24, 2.45) is 4.99 Å². The Morgan fingerprint density at radius 3 is 2.48 bits per heavy atom. The molecule has 6 nitrogen and oxygen atoms in total. The standard InChI is InChI=1S/C20H14ClNO5/c1-11-8-12(19(23)24)2-5-15(11)18-7-4-14(27-18)10-22-13-3-6-17(21)16(9-13)20(25)26/h2-10H,1H3,(H,23,24)(H,25,26).